The van der Waals surface area contributed by atoms with E-state index in [0.29, 0.717) is 12.8 Å². The van der Waals surface area contributed by atoms with Gasteiger partial charge in [0.25, 0.3) is 0 Å². The summed E-state index contributed by atoms with van der Waals surface area (Å²) < 4.78 is 2.49. The Morgan fingerprint density at radius 2 is 2.22 bits per heavy atom. The highest BCUT2D eigenvalue weighted by Gasteiger charge is 2.28. The SMILES string of the molecule is O=C1CCC(c2ccn3nc(Br)cc3c2)C(=O)N1. The van der Waals surface area contributed by atoms with Crippen LogP contribution in [0.25, 0.3) is 5.52 Å². The average Bonchev–Trinajstić information content (AvgIpc) is 2.68. The fraction of sp³-hybridized carbons (Fsp3) is 0.250. The zero-order valence-corrected chi connectivity index (χ0v) is 11.0. The first-order valence-electron chi connectivity index (χ1n) is 5.62. The summed E-state index contributed by atoms with van der Waals surface area (Å²) in [4.78, 5) is 22.9. The maximum atomic E-state index is 11.8. The summed E-state index contributed by atoms with van der Waals surface area (Å²) in [5.74, 6) is -0.653. The van der Waals surface area contributed by atoms with Crippen molar-refractivity contribution in [2.24, 2.45) is 0 Å². The van der Waals surface area contributed by atoms with Crippen LogP contribution in [0.1, 0.15) is 24.3 Å². The summed E-state index contributed by atoms with van der Waals surface area (Å²) in [6.45, 7) is 0. The predicted octanol–water partition coefficient (Wildman–Crippen LogP) is 1.62. The fourth-order valence-corrected chi connectivity index (χ4v) is 2.61. The molecule has 0 spiro atoms. The Balaban J connectivity index is 1.98. The molecule has 0 radical (unpaired) electrons. The molecule has 2 aromatic rings. The largest absolute Gasteiger partial charge is 0.296 e. The van der Waals surface area contributed by atoms with Crippen LogP contribution in [-0.2, 0) is 9.59 Å². The second-order valence-electron chi connectivity index (χ2n) is 4.30. The van der Waals surface area contributed by atoms with E-state index < -0.39 is 0 Å². The molecular formula is C12H10BrN3O2. The van der Waals surface area contributed by atoms with Gasteiger partial charge in [-0.3, -0.25) is 14.9 Å². The van der Waals surface area contributed by atoms with Gasteiger partial charge in [-0.25, -0.2) is 4.52 Å². The average molecular weight is 308 g/mol. The number of piperidine rings is 1. The number of pyridine rings is 1. The Hall–Kier alpha value is -1.69. The van der Waals surface area contributed by atoms with Crippen LogP contribution in [-0.4, -0.2) is 21.4 Å². The highest BCUT2D eigenvalue weighted by atomic mass is 79.9. The molecule has 1 unspecified atom stereocenters. The lowest BCUT2D eigenvalue weighted by Gasteiger charge is -2.21. The topological polar surface area (TPSA) is 63.5 Å². The summed E-state index contributed by atoms with van der Waals surface area (Å²) in [5, 5.41) is 6.58. The van der Waals surface area contributed by atoms with E-state index in [1.165, 1.54) is 0 Å². The van der Waals surface area contributed by atoms with Crippen molar-refractivity contribution in [3.63, 3.8) is 0 Å². The first-order valence-corrected chi connectivity index (χ1v) is 6.41. The third-order valence-electron chi connectivity index (χ3n) is 3.10. The summed E-state index contributed by atoms with van der Waals surface area (Å²) >= 11 is 3.31. The first-order chi connectivity index (χ1) is 8.63. The van der Waals surface area contributed by atoms with E-state index in [-0.39, 0.29) is 17.7 Å². The van der Waals surface area contributed by atoms with Gasteiger partial charge in [-0.05, 0) is 46.1 Å². The minimum absolute atomic E-state index is 0.190. The molecule has 1 saturated heterocycles. The van der Waals surface area contributed by atoms with Gasteiger partial charge < -0.3 is 0 Å². The van der Waals surface area contributed by atoms with Crippen LogP contribution >= 0.6 is 15.9 Å². The highest BCUT2D eigenvalue weighted by molar-refractivity contribution is 9.10. The van der Waals surface area contributed by atoms with Gasteiger partial charge in [0.05, 0.1) is 11.4 Å². The number of rotatable bonds is 1. The summed E-state index contributed by atoms with van der Waals surface area (Å²) in [5.41, 5.74) is 1.84. The van der Waals surface area contributed by atoms with E-state index in [1.54, 1.807) is 4.52 Å². The van der Waals surface area contributed by atoms with Gasteiger partial charge in [0.1, 0.15) is 4.60 Å². The number of carbonyl (C=O) groups excluding carboxylic acids is 2. The van der Waals surface area contributed by atoms with Gasteiger partial charge in [0.2, 0.25) is 11.8 Å². The van der Waals surface area contributed by atoms with Crippen LogP contribution in [0.4, 0.5) is 0 Å². The molecule has 0 saturated carbocycles. The lowest BCUT2D eigenvalue weighted by molar-refractivity contribution is -0.134. The monoisotopic (exact) mass is 307 g/mol. The molecule has 0 aliphatic carbocycles. The molecule has 1 aliphatic heterocycles. The van der Waals surface area contributed by atoms with Gasteiger partial charge in [0.15, 0.2) is 0 Å². The summed E-state index contributed by atoms with van der Waals surface area (Å²) in [6.07, 6.45) is 2.78. The van der Waals surface area contributed by atoms with Crippen molar-refractivity contribution in [2.75, 3.05) is 0 Å². The Morgan fingerprint density at radius 1 is 1.39 bits per heavy atom. The maximum Gasteiger partial charge on any atom is 0.234 e. The predicted molar refractivity (Wildman–Crippen MR) is 68.0 cm³/mol. The molecule has 5 nitrogen and oxygen atoms in total. The minimum Gasteiger partial charge on any atom is -0.296 e. The Kier molecular flexibility index (Phi) is 2.66. The standard InChI is InChI=1S/C12H10BrN3O2/c13-10-6-8-5-7(3-4-16(8)15-10)9-1-2-11(17)14-12(9)18/h3-6,9H,1-2H2,(H,14,17,18). The van der Waals surface area contributed by atoms with E-state index in [4.69, 9.17) is 0 Å². The molecular weight excluding hydrogens is 298 g/mol. The van der Waals surface area contributed by atoms with E-state index in [0.717, 1.165) is 15.7 Å². The van der Waals surface area contributed by atoms with E-state index in [2.05, 4.69) is 26.3 Å². The molecule has 1 fully saturated rings. The van der Waals surface area contributed by atoms with Crippen molar-refractivity contribution in [1.82, 2.24) is 14.9 Å². The fourth-order valence-electron chi connectivity index (χ4n) is 2.21. The van der Waals surface area contributed by atoms with Crippen LogP contribution in [0.15, 0.2) is 29.0 Å². The van der Waals surface area contributed by atoms with Crippen molar-refractivity contribution in [1.29, 1.82) is 0 Å². The smallest absolute Gasteiger partial charge is 0.234 e. The van der Waals surface area contributed by atoms with E-state index >= 15 is 0 Å². The van der Waals surface area contributed by atoms with Crippen molar-refractivity contribution < 1.29 is 9.59 Å². The molecule has 1 aliphatic rings. The number of amides is 2. The Morgan fingerprint density at radius 3 is 3.00 bits per heavy atom. The quantitative estimate of drug-likeness (QED) is 0.814. The number of imide groups is 1. The van der Waals surface area contributed by atoms with Crippen LogP contribution < -0.4 is 5.32 Å². The number of aromatic nitrogens is 2. The van der Waals surface area contributed by atoms with Crippen LogP contribution in [0.2, 0.25) is 0 Å². The zero-order chi connectivity index (χ0) is 12.7. The minimum atomic E-state index is -0.249. The van der Waals surface area contributed by atoms with Crippen LogP contribution in [0, 0.1) is 0 Å². The first kappa shape index (κ1) is 11.4. The van der Waals surface area contributed by atoms with E-state index in [1.807, 2.05) is 24.4 Å². The Labute approximate surface area is 111 Å². The molecule has 1 atom stereocenters. The summed E-state index contributed by atoms with van der Waals surface area (Å²) in [7, 11) is 0. The zero-order valence-electron chi connectivity index (χ0n) is 9.39. The van der Waals surface area contributed by atoms with Crippen molar-refractivity contribution in [3.8, 4) is 0 Å². The van der Waals surface area contributed by atoms with Gasteiger partial charge in [-0.2, -0.15) is 5.10 Å². The second-order valence-corrected chi connectivity index (χ2v) is 5.11. The molecule has 6 heteroatoms. The van der Waals surface area contributed by atoms with Crippen molar-refractivity contribution in [2.45, 2.75) is 18.8 Å². The molecule has 0 bridgehead atoms. The van der Waals surface area contributed by atoms with Gasteiger partial charge in [0, 0.05) is 12.6 Å². The molecule has 92 valence electrons. The number of hydrogen-bond acceptors (Lipinski definition) is 3. The number of carbonyl (C=O) groups is 2. The third-order valence-corrected chi connectivity index (χ3v) is 3.49. The normalized spacial score (nSPS) is 20.2. The number of nitrogens with zero attached hydrogens (tertiary/aromatic N) is 2. The molecule has 1 N–H and O–H groups in total. The number of fused-ring (bicyclic) bond motifs is 1. The number of nitrogens with one attached hydrogen (secondary N) is 1. The number of hydrogen-bond donors (Lipinski definition) is 1. The van der Waals surface area contributed by atoms with Crippen molar-refractivity contribution in [3.05, 3.63) is 34.6 Å². The third kappa shape index (κ3) is 1.92. The molecule has 0 aromatic carbocycles. The lowest BCUT2D eigenvalue weighted by atomic mass is 9.91. The van der Waals surface area contributed by atoms with Gasteiger partial charge >= 0.3 is 0 Å². The maximum absolute atomic E-state index is 11.8. The molecule has 18 heavy (non-hydrogen) atoms. The van der Waals surface area contributed by atoms with Gasteiger partial charge in [-0.1, -0.05) is 0 Å². The summed E-state index contributed by atoms with van der Waals surface area (Å²) in [6, 6.07) is 5.68. The molecule has 3 heterocycles. The molecule has 2 aromatic heterocycles. The second kappa shape index (κ2) is 4.20. The van der Waals surface area contributed by atoms with Crippen LogP contribution in [0.3, 0.4) is 0 Å². The lowest BCUT2D eigenvalue weighted by Crippen LogP contribution is -2.39. The molecule has 2 amide bonds. The van der Waals surface area contributed by atoms with Crippen molar-refractivity contribution >= 4 is 33.3 Å². The molecule has 3 rings (SSSR count). The Bertz CT molecular complexity index is 650. The number of halogens is 1. The van der Waals surface area contributed by atoms with Gasteiger partial charge in [-0.15, -0.1) is 0 Å². The highest BCUT2D eigenvalue weighted by Crippen LogP contribution is 2.26. The van der Waals surface area contributed by atoms with E-state index in [9.17, 15) is 9.59 Å². The van der Waals surface area contributed by atoms with Crippen LogP contribution in [0.5, 0.6) is 0 Å².